The average Bonchev–Trinajstić information content (AvgIpc) is 1.45. The number of thiazole rings is 1. The Morgan fingerprint density at radius 2 is 1.42 bits per heavy atom. The summed E-state index contributed by atoms with van der Waals surface area (Å²) < 4.78 is 11.6. The second-order valence-electron chi connectivity index (χ2n) is 24.6. The van der Waals surface area contributed by atoms with Crippen molar-refractivity contribution in [3.05, 3.63) is 39.8 Å². The van der Waals surface area contributed by atoms with Crippen LogP contribution in [0.3, 0.4) is 0 Å². The molecule has 25 nitrogen and oxygen atoms in total. The number of aromatic nitrogens is 1. The minimum atomic E-state index is -1.16. The van der Waals surface area contributed by atoms with Crippen molar-refractivity contribution in [2.24, 2.45) is 35.5 Å². The molecule has 5 N–H and O–H groups in total. The molecular weight excluding hydrogens is 1210 g/mol. The van der Waals surface area contributed by atoms with Gasteiger partial charge >= 0.3 is 17.9 Å². The van der Waals surface area contributed by atoms with E-state index in [1.165, 1.54) is 72.0 Å². The van der Waals surface area contributed by atoms with Gasteiger partial charge in [-0.15, -0.1) is 22.9 Å². The largest absolute Gasteiger partial charge is 0.481 e. The van der Waals surface area contributed by atoms with Crippen LogP contribution in [0.25, 0.3) is 0 Å². The van der Waals surface area contributed by atoms with Crippen molar-refractivity contribution in [1.82, 2.24) is 40.8 Å². The maximum Gasteiger partial charge on any atom is 0.314 e. The molecule has 0 aliphatic carbocycles. The van der Waals surface area contributed by atoms with E-state index >= 15 is 0 Å². The van der Waals surface area contributed by atoms with E-state index < -0.39 is 150 Å². The Labute approximate surface area is 537 Å². The molecule has 3 rings (SSSR count). The number of ether oxygens (including phenoxy) is 2. The third-order valence-corrected chi connectivity index (χ3v) is 17.8. The summed E-state index contributed by atoms with van der Waals surface area (Å²) >= 11 is 6.92. The number of hydrazine groups is 1. The zero-order valence-corrected chi connectivity index (χ0v) is 56.5. The Bertz CT molecular complexity index is 2930. The number of alkyl halides is 1. The van der Waals surface area contributed by atoms with Gasteiger partial charge in [0, 0.05) is 88.2 Å². The van der Waals surface area contributed by atoms with Crippen molar-refractivity contribution in [2.45, 2.75) is 190 Å². The van der Waals surface area contributed by atoms with Gasteiger partial charge in [-0.1, -0.05) is 67.9 Å². The van der Waals surface area contributed by atoms with Crippen LogP contribution in [0.5, 0.6) is 5.75 Å². The summed E-state index contributed by atoms with van der Waals surface area (Å²) in [5, 5.41) is 24.4. The number of halogens is 1. The lowest BCUT2D eigenvalue weighted by molar-refractivity contribution is -0.163. The fourth-order valence-corrected chi connectivity index (χ4v) is 10.9. The molecule has 0 saturated heterocycles. The average molecular weight is 1300 g/mol. The number of benzene rings is 1. The molecule has 1 aliphatic rings. The third kappa shape index (κ3) is 22.6. The van der Waals surface area contributed by atoms with E-state index in [1.807, 2.05) is 60.5 Å². The molecule has 0 radical (unpaired) electrons. The number of amides is 7. The first-order chi connectivity index (χ1) is 42.0. The molecule has 1 aromatic carbocycles. The molecule has 2 heterocycles. The summed E-state index contributed by atoms with van der Waals surface area (Å²) in [6, 6.07) is 0.615. The highest BCUT2D eigenvalue weighted by Gasteiger charge is 2.40. The topological polar surface area (TPSA) is 335 Å². The normalized spacial score (nSPS) is 20.2. The Hall–Kier alpha value is -7.19. The zero-order valence-electron chi connectivity index (χ0n) is 54.9. The van der Waals surface area contributed by atoms with Crippen LogP contribution < -0.4 is 26.0 Å². The molecule has 7 amide bonds. The summed E-state index contributed by atoms with van der Waals surface area (Å²) in [6.07, 6.45) is -2.12. The maximum absolute atomic E-state index is 14.5. The van der Waals surface area contributed by atoms with Gasteiger partial charge in [0.1, 0.15) is 16.6 Å². The first kappa shape index (κ1) is 77.1. The number of nitrogens with one attached hydrogen (secondary N) is 4. The quantitative estimate of drug-likeness (QED) is 0.0505. The van der Waals surface area contributed by atoms with E-state index in [-0.39, 0.29) is 97.3 Å². The zero-order chi connectivity index (χ0) is 68.2. The first-order valence-corrected chi connectivity index (χ1v) is 32.0. The highest BCUT2D eigenvalue weighted by molar-refractivity contribution is 7.09. The van der Waals surface area contributed by atoms with Crippen LogP contribution in [-0.4, -0.2) is 176 Å². The number of carboxylic acids is 1. The number of carbonyl (C=O) groups excluding carboxylic acids is 12. The van der Waals surface area contributed by atoms with E-state index in [2.05, 4.69) is 26.3 Å². The number of Topliss-reactive ketones (excluding diaryl/α,β-unsaturated/α-hetero) is 3. The number of carbonyl (C=O) groups is 13. The van der Waals surface area contributed by atoms with Crippen LogP contribution in [0.2, 0.25) is 0 Å². The van der Waals surface area contributed by atoms with Crippen molar-refractivity contribution < 1.29 is 76.9 Å². The summed E-state index contributed by atoms with van der Waals surface area (Å²) in [5.74, 6) is -13.2. The Balaban J connectivity index is 2.03. The highest BCUT2D eigenvalue weighted by Crippen LogP contribution is 2.34. The van der Waals surface area contributed by atoms with Crippen LogP contribution >= 0.6 is 22.9 Å². The van der Waals surface area contributed by atoms with Gasteiger partial charge in [0.05, 0.1) is 48.2 Å². The standard InChI is InChI=1S/C63H94ClN9O16S/c1-17-35(5)44(30-52(77)63(12,13)70(14)15)60(84)71(16)47(34(3)4)31-51(88-41(11)74)59-69-46(33-90-59)58(83)67-43(25-37(7)61(85)86)28-42-19-20-50-45(29-42)68-57(82)36(6)26-48(75)39(9)65-53(78)21-23-72(55(80)18-2)73(56(81)32-64)24-22-54(79)66-40(10)49(76)27-38(8)62(87)89-50/h19-20,29,33-40,43-44,47,51H,17-18,21-28,30-32H2,1-16H3,(H,65,78)(H,66,79)(H,67,83)(H,68,82)(H,85,86)/t35-,36?,37?,38?,39?,40?,43+,44-,47+,51+/m0/s1. The van der Waals surface area contributed by atoms with Crippen LogP contribution in [0.1, 0.15) is 175 Å². The van der Waals surface area contributed by atoms with Crippen LogP contribution in [0, 0.1) is 35.5 Å². The summed E-state index contributed by atoms with van der Waals surface area (Å²) in [5.41, 5.74) is -0.582. The van der Waals surface area contributed by atoms with Crippen LogP contribution in [0.15, 0.2) is 23.6 Å². The van der Waals surface area contributed by atoms with Gasteiger partial charge in [-0.25, -0.2) is 9.99 Å². The Morgan fingerprint density at radius 1 is 0.856 bits per heavy atom. The third-order valence-electron chi connectivity index (χ3n) is 16.6. The van der Waals surface area contributed by atoms with Gasteiger partial charge in [0.25, 0.3) is 11.8 Å². The molecule has 0 bridgehead atoms. The van der Waals surface area contributed by atoms with Crippen molar-refractivity contribution >= 4 is 105 Å². The lowest BCUT2D eigenvalue weighted by Gasteiger charge is -2.38. The second kappa shape index (κ2) is 35.4. The maximum atomic E-state index is 14.5. The molecule has 1 aliphatic heterocycles. The monoisotopic (exact) mass is 1300 g/mol. The Kier molecular flexibility index (Phi) is 30.3. The summed E-state index contributed by atoms with van der Waals surface area (Å²) in [7, 11) is 5.29. The van der Waals surface area contributed by atoms with Crippen molar-refractivity contribution in [3.63, 3.8) is 0 Å². The molecule has 0 saturated carbocycles. The fraction of sp³-hybridized carbons (Fsp3) is 0.651. The predicted octanol–water partition coefficient (Wildman–Crippen LogP) is 6.09. The minimum absolute atomic E-state index is 0.0215. The predicted molar refractivity (Wildman–Crippen MR) is 337 cm³/mol. The number of hydrogen-bond donors (Lipinski definition) is 5. The van der Waals surface area contributed by atoms with Gasteiger partial charge < -0.3 is 40.7 Å². The van der Waals surface area contributed by atoms with E-state index in [0.717, 1.165) is 21.4 Å². The number of aliphatic carboxylic acids is 1. The molecule has 27 heteroatoms. The van der Waals surface area contributed by atoms with Gasteiger partial charge in [-0.2, -0.15) is 0 Å². The van der Waals surface area contributed by atoms with Gasteiger partial charge in [-0.05, 0) is 84.2 Å². The van der Waals surface area contributed by atoms with E-state index in [9.17, 15) is 67.4 Å². The van der Waals surface area contributed by atoms with Gasteiger partial charge in [0.15, 0.2) is 29.2 Å². The molecule has 500 valence electrons. The number of carboxylic acid groups (broad SMARTS) is 1. The summed E-state index contributed by atoms with van der Waals surface area (Å²) in [6.45, 7) is 20.6. The molecule has 5 unspecified atom stereocenters. The number of hydrogen-bond acceptors (Lipinski definition) is 18. The number of rotatable bonds is 22. The van der Waals surface area contributed by atoms with E-state index in [1.54, 1.807) is 11.9 Å². The number of anilines is 1. The molecule has 1 aromatic heterocycles. The lowest BCUT2D eigenvalue weighted by Crippen LogP contribution is -2.53. The molecule has 90 heavy (non-hydrogen) atoms. The smallest absolute Gasteiger partial charge is 0.314 e. The summed E-state index contributed by atoms with van der Waals surface area (Å²) in [4.78, 5) is 183. The molecule has 0 fully saturated rings. The number of ketones is 3. The minimum Gasteiger partial charge on any atom is -0.481 e. The first-order valence-electron chi connectivity index (χ1n) is 30.6. The lowest BCUT2D eigenvalue weighted by atomic mass is 9.81. The van der Waals surface area contributed by atoms with E-state index in [4.69, 9.17) is 21.1 Å². The second-order valence-corrected chi connectivity index (χ2v) is 25.7. The highest BCUT2D eigenvalue weighted by atomic mass is 35.5. The number of likely N-dealkylation sites (N-methyl/N-ethyl adjacent to an activating group) is 1. The van der Waals surface area contributed by atoms with Crippen molar-refractivity contribution in [3.8, 4) is 5.75 Å². The SMILES string of the molecule is CCC(=O)N1CCC(=O)NC(C)C(=O)CC(C)C(=O)Nc2cc(C[C@@H](CC(C)C(=O)O)NC(=O)c3csc([C@@H](C[C@H](C(C)C)N(C)C(=O)[C@@H](CC(=O)C(C)(C)N(C)C)[C@@H](C)CC)OC(C)=O)n3)ccc2OC(=O)C(C)CC(=O)C(C)NC(=O)CCN1C(=O)CCl. The van der Waals surface area contributed by atoms with Crippen LogP contribution in [-0.2, 0) is 68.7 Å². The molecule has 10 atom stereocenters. The Morgan fingerprint density at radius 3 is 1.93 bits per heavy atom. The van der Waals surface area contributed by atoms with Crippen molar-refractivity contribution in [2.75, 3.05) is 45.4 Å². The number of esters is 2. The van der Waals surface area contributed by atoms with Gasteiger partial charge in [0.2, 0.25) is 29.5 Å². The molecular formula is C63H94ClN9O16S. The van der Waals surface area contributed by atoms with Gasteiger partial charge in [-0.3, -0.25) is 72.2 Å². The van der Waals surface area contributed by atoms with Crippen molar-refractivity contribution in [1.29, 1.82) is 0 Å². The van der Waals surface area contributed by atoms with Crippen LogP contribution in [0.4, 0.5) is 5.69 Å². The number of fused-ring (bicyclic) bond motifs is 1. The van der Waals surface area contributed by atoms with E-state index in [0.29, 0.717) is 12.0 Å². The molecule has 2 aromatic rings. The fourth-order valence-electron chi connectivity index (χ4n) is 9.94. The molecule has 0 spiro atoms. The number of nitrogens with zero attached hydrogens (tertiary/aromatic N) is 5.